The minimum atomic E-state index is 0. The first-order valence-corrected chi connectivity index (χ1v) is 8.93. The molecule has 1 N–H and O–H groups in total. The average molecular weight is 461 g/mol. The number of methoxy groups -OCH3 is 1. The molecule has 1 aromatic carbocycles. The molecule has 142 valence electrons. The number of halogens is 1. The Morgan fingerprint density at radius 2 is 1.92 bits per heavy atom. The van der Waals surface area contributed by atoms with Gasteiger partial charge in [-0.05, 0) is 31.2 Å². The van der Waals surface area contributed by atoms with E-state index in [0.29, 0.717) is 6.10 Å². The van der Waals surface area contributed by atoms with Crippen LogP contribution in [0, 0.1) is 0 Å². The van der Waals surface area contributed by atoms with Crippen molar-refractivity contribution in [3.8, 4) is 0 Å². The highest BCUT2D eigenvalue weighted by Crippen LogP contribution is 2.14. The molecule has 0 saturated carbocycles. The first kappa shape index (κ1) is 22.2. The van der Waals surface area contributed by atoms with Crippen molar-refractivity contribution in [2.75, 3.05) is 47.0 Å². The van der Waals surface area contributed by atoms with Crippen molar-refractivity contribution >= 4 is 29.9 Å². The molecule has 1 aromatic rings. The summed E-state index contributed by atoms with van der Waals surface area (Å²) in [6, 6.07) is 10.5. The van der Waals surface area contributed by atoms with Crippen LogP contribution < -0.4 is 5.32 Å². The number of likely N-dealkylation sites (tertiary alicyclic amines) is 1. The van der Waals surface area contributed by atoms with Crippen LogP contribution in [0.3, 0.4) is 0 Å². The molecule has 5 nitrogen and oxygen atoms in total. The van der Waals surface area contributed by atoms with Crippen molar-refractivity contribution in [1.29, 1.82) is 0 Å². The van der Waals surface area contributed by atoms with E-state index < -0.39 is 0 Å². The fourth-order valence-electron chi connectivity index (χ4n) is 2.98. The highest BCUT2D eigenvalue weighted by molar-refractivity contribution is 14.0. The second-order valence-electron chi connectivity index (χ2n) is 6.11. The third-order valence-electron chi connectivity index (χ3n) is 4.34. The van der Waals surface area contributed by atoms with Gasteiger partial charge < -0.3 is 19.7 Å². The maximum absolute atomic E-state index is 5.92. The van der Waals surface area contributed by atoms with Gasteiger partial charge in [0.05, 0.1) is 6.10 Å². The Labute approximate surface area is 169 Å². The molecule has 0 spiro atoms. The Hall–Kier alpha value is -0.860. The minimum absolute atomic E-state index is 0. The summed E-state index contributed by atoms with van der Waals surface area (Å²) in [7, 11) is 3.59. The van der Waals surface area contributed by atoms with E-state index in [-0.39, 0.29) is 24.0 Å². The van der Waals surface area contributed by atoms with Gasteiger partial charge in [0.2, 0.25) is 0 Å². The molecule has 0 bridgehead atoms. The summed E-state index contributed by atoms with van der Waals surface area (Å²) in [6.45, 7) is 4.48. The SMILES string of the molecule is CN=C(NCCc1ccccc1)N1CCC(OCCCOC)CC1.I. The molecule has 25 heavy (non-hydrogen) atoms. The molecule has 1 aliphatic heterocycles. The van der Waals surface area contributed by atoms with E-state index in [1.165, 1.54) is 5.56 Å². The lowest BCUT2D eigenvalue weighted by Gasteiger charge is -2.34. The molecule has 1 heterocycles. The summed E-state index contributed by atoms with van der Waals surface area (Å²) in [5.41, 5.74) is 1.35. The van der Waals surface area contributed by atoms with Crippen molar-refractivity contribution in [3.63, 3.8) is 0 Å². The van der Waals surface area contributed by atoms with Gasteiger partial charge in [0.1, 0.15) is 0 Å². The predicted octanol–water partition coefficient (Wildman–Crippen LogP) is 2.94. The normalized spacial score (nSPS) is 15.8. The molecule has 0 aliphatic carbocycles. The van der Waals surface area contributed by atoms with Crippen LogP contribution in [0.4, 0.5) is 0 Å². The first-order chi connectivity index (χ1) is 11.8. The predicted molar refractivity (Wildman–Crippen MR) is 114 cm³/mol. The summed E-state index contributed by atoms with van der Waals surface area (Å²) < 4.78 is 11.0. The summed E-state index contributed by atoms with van der Waals surface area (Å²) in [4.78, 5) is 6.76. The Balaban J connectivity index is 0.00000312. The largest absolute Gasteiger partial charge is 0.385 e. The van der Waals surface area contributed by atoms with E-state index in [0.717, 1.165) is 64.5 Å². The molecule has 0 atom stereocenters. The second-order valence-corrected chi connectivity index (χ2v) is 6.11. The van der Waals surface area contributed by atoms with Gasteiger partial charge in [-0.15, -0.1) is 24.0 Å². The van der Waals surface area contributed by atoms with Crippen LogP contribution in [0.5, 0.6) is 0 Å². The van der Waals surface area contributed by atoms with Crippen LogP contribution in [0.15, 0.2) is 35.3 Å². The number of benzene rings is 1. The Morgan fingerprint density at radius 3 is 2.56 bits per heavy atom. The number of aliphatic imine (C=N–C) groups is 1. The summed E-state index contributed by atoms with van der Waals surface area (Å²) >= 11 is 0. The maximum atomic E-state index is 5.92. The molecule has 1 fully saturated rings. The molecular formula is C19H32IN3O2. The number of ether oxygens (including phenoxy) is 2. The lowest BCUT2D eigenvalue weighted by molar-refractivity contribution is 0.00992. The van der Waals surface area contributed by atoms with Gasteiger partial charge >= 0.3 is 0 Å². The fraction of sp³-hybridized carbons (Fsp3) is 0.632. The summed E-state index contributed by atoms with van der Waals surface area (Å²) in [6.07, 6.45) is 4.48. The minimum Gasteiger partial charge on any atom is -0.385 e. The maximum Gasteiger partial charge on any atom is 0.193 e. The molecule has 0 radical (unpaired) electrons. The van der Waals surface area contributed by atoms with Crippen molar-refractivity contribution in [3.05, 3.63) is 35.9 Å². The monoisotopic (exact) mass is 461 g/mol. The topological polar surface area (TPSA) is 46.1 Å². The zero-order valence-electron chi connectivity index (χ0n) is 15.4. The number of hydrogen-bond acceptors (Lipinski definition) is 3. The Kier molecular flexibility index (Phi) is 11.9. The number of guanidine groups is 1. The summed E-state index contributed by atoms with van der Waals surface area (Å²) in [5.74, 6) is 1.00. The smallest absolute Gasteiger partial charge is 0.193 e. The van der Waals surface area contributed by atoms with E-state index in [2.05, 4.69) is 45.5 Å². The van der Waals surface area contributed by atoms with E-state index in [9.17, 15) is 0 Å². The van der Waals surface area contributed by atoms with E-state index >= 15 is 0 Å². The lowest BCUT2D eigenvalue weighted by Crippen LogP contribution is -2.47. The van der Waals surface area contributed by atoms with Crippen LogP contribution in [-0.4, -0.2) is 64.0 Å². The molecule has 0 unspecified atom stereocenters. The Morgan fingerprint density at radius 1 is 1.20 bits per heavy atom. The van der Waals surface area contributed by atoms with E-state index in [1.807, 2.05) is 7.05 Å². The third kappa shape index (κ3) is 8.37. The molecule has 1 saturated heterocycles. The van der Waals surface area contributed by atoms with Gasteiger partial charge in [0, 0.05) is 47.0 Å². The van der Waals surface area contributed by atoms with Crippen LogP contribution in [-0.2, 0) is 15.9 Å². The number of rotatable bonds is 8. The lowest BCUT2D eigenvalue weighted by atomic mass is 10.1. The van der Waals surface area contributed by atoms with Crippen LogP contribution in [0.1, 0.15) is 24.8 Å². The number of nitrogens with one attached hydrogen (secondary N) is 1. The van der Waals surface area contributed by atoms with Crippen LogP contribution in [0.2, 0.25) is 0 Å². The molecule has 0 amide bonds. The third-order valence-corrected chi connectivity index (χ3v) is 4.34. The highest BCUT2D eigenvalue weighted by atomic mass is 127. The van der Waals surface area contributed by atoms with Crippen LogP contribution in [0.25, 0.3) is 0 Å². The van der Waals surface area contributed by atoms with Crippen LogP contribution >= 0.6 is 24.0 Å². The molecule has 0 aromatic heterocycles. The standard InChI is InChI=1S/C19H31N3O2.HI/c1-20-19(21-12-9-17-7-4-3-5-8-17)22-13-10-18(11-14-22)24-16-6-15-23-2;/h3-5,7-8,18H,6,9-16H2,1-2H3,(H,20,21);1H. The van der Waals surface area contributed by atoms with Gasteiger partial charge in [0.25, 0.3) is 0 Å². The van der Waals surface area contributed by atoms with Gasteiger partial charge in [-0.2, -0.15) is 0 Å². The number of nitrogens with zero attached hydrogens (tertiary/aromatic N) is 2. The number of piperidine rings is 1. The van der Waals surface area contributed by atoms with Crippen molar-refractivity contribution in [2.45, 2.75) is 31.8 Å². The van der Waals surface area contributed by atoms with Crippen molar-refractivity contribution in [1.82, 2.24) is 10.2 Å². The average Bonchev–Trinajstić information content (AvgIpc) is 2.64. The zero-order valence-corrected chi connectivity index (χ0v) is 17.8. The van der Waals surface area contributed by atoms with Crippen molar-refractivity contribution < 1.29 is 9.47 Å². The zero-order chi connectivity index (χ0) is 17.0. The Bertz CT molecular complexity index is 477. The van der Waals surface area contributed by atoms with Gasteiger partial charge in [0.15, 0.2) is 5.96 Å². The molecule has 6 heteroatoms. The molecule has 2 rings (SSSR count). The quantitative estimate of drug-likeness (QED) is 0.280. The summed E-state index contributed by atoms with van der Waals surface area (Å²) in [5, 5.41) is 3.48. The van der Waals surface area contributed by atoms with Gasteiger partial charge in [-0.25, -0.2) is 0 Å². The van der Waals surface area contributed by atoms with E-state index in [4.69, 9.17) is 9.47 Å². The number of hydrogen-bond donors (Lipinski definition) is 1. The van der Waals surface area contributed by atoms with E-state index in [1.54, 1.807) is 7.11 Å². The second kappa shape index (κ2) is 13.4. The highest BCUT2D eigenvalue weighted by Gasteiger charge is 2.21. The van der Waals surface area contributed by atoms with Gasteiger partial charge in [-0.1, -0.05) is 30.3 Å². The molecular weight excluding hydrogens is 429 g/mol. The first-order valence-electron chi connectivity index (χ1n) is 8.93. The van der Waals surface area contributed by atoms with Gasteiger partial charge in [-0.3, -0.25) is 4.99 Å². The molecule has 1 aliphatic rings. The fourth-order valence-corrected chi connectivity index (χ4v) is 2.98. The van der Waals surface area contributed by atoms with Crippen molar-refractivity contribution in [2.24, 2.45) is 4.99 Å².